The molecule has 1 aliphatic heterocycles. The average molecular weight is 448 g/mol. The lowest BCUT2D eigenvalue weighted by atomic mass is 10.3. The Kier molecular flexibility index (Phi) is 8.65. The molecule has 1 aliphatic rings. The summed E-state index contributed by atoms with van der Waals surface area (Å²) in [6.07, 6.45) is 0. The van der Waals surface area contributed by atoms with Crippen LogP contribution in [0.15, 0.2) is 18.2 Å². The first-order valence-corrected chi connectivity index (χ1v) is 11.1. The van der Waals surface area contributed by atoms with E-state index in [0.717, 1.165) is 12.1 Å². The normalized spacial score (nSPS) is 15.9. The van der Waals surface area contributed by atoms with Gasteiger partial charge in [-0.2, -0.15) is 17.0 Å². The molecular formula is C18H27F2N5O4S. The minimum Gasteiger partial charge on any atom is -0.346 e. The summed E-state index contributed by atoms with van der Waals surface area (Å²) in [6, 6.07) is 2.95. The van der Waals surface area contributed by atoms with Crippen molar-refractivity contribution in [3.63, 3.8) is 0 Å². The highest BCUT2D eigenvalue weighted by atomic mass is 32.2. The number of nitrogens with one attached hydrogen (secondary N) is 2. The van der Waals surface area contributed by atoms with Gasteiger partial charge in [-0.3, -0.25) is 14.5 Å². The van der Waals surface area contributed by atoms with Crippen LogP contribution >= 0.6 is 0 Å². The van der Waals surface area contributed by atoms with Crippen LogP contribution in [-0.2, 0) is 19.8 Å². The van der Waals surface area contributed by atoms with Crippen LogP contribution in [0.5, 0.6) is 0 Å². The quantitative estimate of drug-likeness (QED) is 0.564. The van der Waals surface area contributed by atoms with E-state index in [0.29, 0.717) is 26.2 Å². The van der Waals surface area contributed by atoms with E-state index in [-0.39, 0.29) is 31.9 Å². The molecule has 9 nitrogen and oxygen atoms in total. The topological polar surface area (TPSA) is 102 Å². The van der Waals surface area contributed by atoms with Crippen LogP contribution in [0.1, 0.15) is 13.8 Å². The third-order valence-electron chi connectivity index (χ3n) is 4.71. The molecule has 1 aromatic carbocycles. The molecule has 0 radical (unpaired) electrons. The second kappa shape index (κ2) is 10.8. The van der Waals surface area contributed by atoms with Crippen LogP contribution in [0.4, 0.5) is 14.5 Å². The highest BCUT2D eigenvalue weighted by molar-refractivity contribution is 7.86. The lowest BCUT2D eigenvalue weighted by Gasteiger charge is -2.35. The van der Waals surface area contributed by atoms with Crippen LogP contribution in [0.2, 0.25) is 0 Å². The van der Waals surface area contributed by atoms with E-state index in [1.807, 2.05) is 0 Å². The molecule has 2 N–H and O–H groups in total. The second-order valence-corrected chi connectivity index (χ2v) is 8.65. The molecule has 1 heterocycles. The number of hydrogen-bond donors (Lipinski definition) is 2. The van der Waals surface area contributed by atoms with E-state index in [4.69, 9.17) is 0 Å². The van der Waals surface area contributed by atoms with Gasteiger partial charge in [0.2, 0.25) is 11.8 Å². The van der Waals surface area contributed by atoms with Gasteiger partial charge in [0, 0.05) is 51.0 Å². The van der Waals surface area contributed by atoms with Crippen molar-refractivity contribution in [1.82, 2.24) is 18.8 Å². The van der Waals surface area contributed by atoms with E-state index < -0.39 is 33.7 Å². The van der Waals surface area contributed by atoms with Gasteiger partial charge in [-0.1, -0.05) is 13.8 Å². The summed E-state index contributed by atoms with van der Waals surface area (Å²) in [5, 5.41) is 4.81. The first-order valence-electron chi connectivity index (χ1n) is 9.66. The molecule has 1 aromatic rings. The monoisotopic (exact) mass is 447 g/mol. The molecule has 2 amide bonds. The van der Waals surface area contributed by atoms with Crippen molar-refractivity contribution >= 4 is 27.7 Å². The highest BCUT2D eigenvalue weighted by Gasteiger charge is 2.31. The number of anilines is 1. The van der Waals surface area contributed by atoms with Crippen LogP contribution in [0.3, 0.4) is 0 Å². The predicted molar refractivity (Wildman–Crippen MR) is 108 cm³/mol. The predicted octanol–water partition coefficient (Wildman–Crippen LogP) is 0.224. The maximum Gasteiger partial charge on any atom is 0.282 e. The molecule has 12 heteroatoms. The average Bonchev–Trinajstić information content (AvgIpc) is 2.70. The van der Waals surface area contributed by atoms with Crippen molar-refractivity contribution in [3.05, 3.63) is 29.8 Å². The van der Waals surface area contributed by atoms with Gasteiger partial charge in [0.25, 0.3) is 10.2 Å². The molecule has 0 saturated carbocycles. The molecule has 0 spiro atoms. The van der Waals surface area contributed by atoms with Crippen LogP contribution in [-0.4, -0.2) is 86.1 Å². The lowest BCUT2D eigenvalue weighted by molar-refractivity contribution is -0.125. The second-order valence-electron chi connectivity index (χ2n) is 6.72. The molecule has 2 rings (SSSR count). The molecule has 30 heavy (non-hydrogen) atoms. The molecule has 0 aromatic heterocycles. The largest absolute Gasteiger partial charge is 0.346 e. The zero-order chi connectivity index (χ0) is 22.3. The van der Waals surface area contributed by atoms with Crippen molar-refractivity contribution < 1.29 is 26.8 Å². The van der Waals surface area contributed by atoms with Gasteiger partial charge in [-0.15, -0.1) is 0 Å². The fourth-order valence-corrected chi connectivity index (χ4v) is 4.65. The Bertz CT molecular complexity index is 856. The first-order chi connectivity index (χ1) is 14.2. The Morgan fingerprint density at radius 3 is 2.23 bits per heavy atom. The number of carbonyl (C=O) groups is 2. The fourth-order valence-electron chi connectivity index (χ4n) is 3.05. The SMILES string of the molecule is CCN(CC)S(=O)(=O)N1CCN(CC(=O)NCC(=O)Nc2ccc(F)c(F)c2)CC1. The van der Waals surface area contributed by atoms with Gasteiger partial charge in [0.15, 0.2) is 11.6 Å². The smallest absolute Gasteiger partial charge is 0.282 e. The lowest BCUT2D eigenvalue weighted by Crippen LogP contribution is -2.54. The number of benzene rings is 1. The Labute approximate surface area is 175 Å². The number of halogens is 2. The van der Waals surface area contributed by atoms with Gasteiger partial charge < -0.3 is 10.6 Å². The summed E-state index contributed by atoms with van der Waals surface area (Å²) < 4.78 is 53.8. The maximum atomic E-state index is 13.1. The number of carbonyl (C=O) groups excluding carboxylic acids is 2. The third-order valence-corrected chi connectivity index (χ3v) is 6.89. The summed E-state index contributed by atoms with van der Waals surface area (Å²) in [7, 11) is -3.50. The number of hydrogen-bond acceptors (Lipinski definition) is 5. The number of amides is 2. The summed E-state index contributed by atoms with van der Waals surface area (Å²) >= 11 is 0. The zero-order valence-corrected chi connectivity index (χ0v) is 17.8. The Balaban J connectivity index is 1.74. The molecule has 0 atom stereocenters. The van der Waals surface area contributed by atoms with Crippen LogP contribution < -0.4 is 10.6 Å². The Morgan fingerprint density at radius 2 is 1.67 bits per heavy atom. The molecule has 0 aliphatic carbocycles. The third kappa shape index (κ3) is 6.42. The van der Waals surface area contributed by atoms with Gasteiger partial charge >= 0.3 is 0 Å². The summed E-state index contributed by atoms with van der Waals surface area (Å²) in [4.78, 5) is 25.7. The van der Waals surface area contributed by atoms with E-state index in [9.17, 15) is 26.8 Å². The van der Waals surface area contributed by atoms with E-state index >= 15 is 0 Å². The standard InChI is InChI=1S/C18H27F2N5O4S/c1-3-24(4-2)30(28,29)25-9-7-23(8-10-25)13-18(27)21-12-17(26)22-14-5-6-15(19)16(20)11-14/h5-6,11H,3-4,7-10,12-13H2,1-2H3,(H,21,27)(H,22,26). The summed E-state index contributed by atoms with van der Waals surface area (Å²) in [6.45, 7) is 5.41. The molecule has 1 saturated heterocycles. The van der Waals surface area contributed by atoms with E-state index in [1.165, 1.54) is 14.7 Å². The van der Waals surface area contributed by atoms with Gasteiger partial charge in [-0.05, 0) is 12.1 Å². The number of rotatable bonds is 9. The molecule has 0 bridgehead atoms. The Morgan fingerprint density at radius 1 is 1.03 bits per heavy atom. The van der Waals surface area contributed by atoms with E-state index in [2.05, 4.69) is 10.6 Å². The Hall–Kier alpha value is -2.15. The fraction of sp³-hybridized carbons (Fsp3) is 0.556. The van der Waals surface area contributed by atoms with Crippen molar-refractivity contribution in [2.75, 3.05) is 57.7 Å². The highest BCUT2D eigenvalue weighted by Crippen LogP contribution is 2.13. The first kappa shape index (κ1) is 24.1. The van der Waals surface area contributed by atoms with E-state index in [1.54, 1.807) is 18.7 Å². The molecular weight excluding hydrogens is 420 g/mol. The maximum absolute atomic E-state index is 13.1. The van der Waals surface area contributed by atoms with Crippen LogP contribution in [0.25, 0.3) is 0 Å². The van der Waals surface area contributed by atoms with Crippen LogP contribution in [0, 0.1) is 11.6 Å². The molecule has 0 unspecified atom stereocenters. The van der Waals surface area contributed by atoms with Gasteiger partial charge in [0.05, 0.1) is 13.1 Å². The zero-order valence-electron chi connectivity index (χ0n) is 17.0. The van der Waals surface area contributed by atoms with Crippen molar-refractivity contribution in [2.24, 2.45) is 0 Å². The van der Waals surface area contributed by atoms with Crippen molar-refractivity contribution in [3.8, 4) is 0 Å². The summed E-state index contributed by atoms with van der Waals surface area (Å²) in [5.41, 5.74) is 0.0821. The van der Waals surface area contributed by atoms with Crippen molar-refractivity contribution in [1.29, 1.82) is 0 Å². The number of nitrogens with zero attached hydrogens (tertiary/aromatic N) is 3. The summed E-state index contributed by atoms with van der Waals surface area (Å²) in [5.74, 6) is -3.08. The minimum absolute atomic E-state index is 0.0254. The molecule has 168 valence electrons. The van der Waals surface area contributed by atoms with Crippen molar-refractivity contribution in [2.45, 2.75) is 13.8 Å². The minimum atomic E-state index is -3.50. The van der Waals surface area contributed by atoms with Gasteiger partial charge in [0.1, 0.15) is 0 Å². The number of piperazine rings is 1. The molecule has 1 fully saturated rings. The van der Waals surface area contributed by atoms with Gasteiger partial charge in [-0.25, -0.2) is 8.78 Å².